The maximum atomic E-state index is 12.2. The Balaban J connectivity index is 2.01. The number of esters is 1. The molecular formula is C17H18O4. The monoisotopic (exact) mass is 286 g/mol. The molecule has 0 aromatic heterocycles. The Morgan fingerprint density at radius 3 is 2.05 bits per heavy atom. The van der Waals surface area contributed by atoms with Crippen molar-refractivity contribution in [2.45, 2.75) is 19.8 Å². The minimum absolute atomic E-state index is 0.130. The largest absolute Gasteiger partial charge is 0.508 e. The van der Waals surface area contributed by atoms with E-state index in [0.29, 0.717) is 18.6 Å². The van der Waals surface area contributed by atoms with Crippen LogP contribution < -0.4 is 4.74 Å². The minimum atomic E-state index is -0.295. The zero-order chi connectivity index (χ0) is 15.2. The van der Waals surface area contributed by atoms with Crippen molar-refractivity contribution in [3.63, 3.8) is 0 Å². The number of benzene rings is 2. The van der Waals surface area contributed by atoms with E-state index in [1.807, 2.05) is 6.92 Å². The first-order valence-corrected chi connectivity index (χ1v) is 6.87. The Kier molecular flexibility index (Phi) is 4.82. The third-order valence-electron chi connectivity index (χ3n) is 3.30. The summed E-state index contributed by atoms with van der Waals surface area (Å²) in [5.41, 5.74) is 0.974. The number of hydrogen-bond acceptors (Lipinski definition) is 4. The molecule has 1 atom stereocenters. The molecule has 0 bridgehead atoms. The number of carbonyl (C=O) groups is 1. The van der Waals surface area contributed by atoms with E-state index in [9.17, 15) is 15.0 Å². The number of rotatable bonds is 5. The smallest absolute Gasteiger partial charge is 0.314 e. The van der Waals surface area contributed by atoms with Gasteiger partial charge in [-0.05, 0) is 54.8 Å². The quantitative estimate of drug-likeness (QED) is 0.654. The first-order valence-electron chi connectivity index (χ1n) is 6.87. The molecule has 0 heterocycles. The highest BCUT2D eigenvalue weighted by molar-refractivity contribution is 5.75. The average molecular weight is 286 g/mol. The molecule has 0 spiro atoms. The van der Waals surface area contributed by atoms with Gasteiger partial charge >= 0.3 is 5.97 Å². The Morgan fingerprint density at radius 2 is 1.52 bits per heavy atom. The first kappa shape index (κ1) is 14.9. The van der Waals surface area contributed by atoms with Gasteiger partial charge in [0.05, 0.1) is 5.92 Å². The molecule has 0 saturated carbocycles. The molecule has 2 aromatic carbocycles. The van der Waals surface area contributed by atoms with Crippen LogP contribution in [0.3, 0.4) is 0 Å². The van der Waals surface area contributed by atoms with Crippen molar-refractivity contribution in [2.75, 3.05) is 0 Å². The van der Waals surface area contributed by atoms with Crippen molar-refractivity contribution < 1.29 is 19.7 Å². The normalized spacial score (nSPS) is 11.9. The van der Waals surface area contributed by atoms with Gasteiger partial charge in [-0.3, -0.25) is 4.79 Å². The molecule has 0 amide bonds. The first-order chi connectivity index (χ1) is 10.1. The maximum absolute atomic E-state index is 12.2. The predicted molar refractivity (Wildman–Crippen MR) is 79.3 cm³/mol. The molecule has 2 rings (SSSR count). The average Bonchev–Trinajstić information content (AvgIpc) is 2.49. The molecular weight excluding hydrogens is 268 g/mol. The van der Waals surface area contributed by atoms with Gasteiger partial charge in [0.1, 0.15) is 17.2 Å². The Morgan fingerprint density at radius 1 is 1.00 bits per heavy atom. The third-order valence-corrected chi connectivity index (χ3v) is 3.30. The summed E-state index contributed by atoms with van der Waals surface area (Å²) in [6.07, 6.45) is 1.23. The lowest BCUT2D eigenvalue weighted by atomic mass is 9.97. The van der Waals surface area contributed by atoms with Gasteiger partial charge in [-0.1, -0.05) is 19.1 Å². The van der Waals surface area contributed by atoms with Gasteiger partial charge in [-0.25, -0.2) is 0 Å². The number of aromatic hydroxyl groups is 2. The standard InChI is InChI=1S/C17H18O4/c1-2-13(11-12-3-5-14(18)6-4-12)17(20)21-16-9-7-15(19)8-10-16/h3-10,13,18-19H,2,11H2,1H3. The van der Waals surface area contributed by atoms with Gasteiger partial charge in [0.2, 0.25) is 0 Å². The van der Waals surface area contributed by atoms with Crippen LogP contribution in [0, 0.1) is 5.92 Å². The van der Waals surface area contributed by atoms with E-state index in [0.717, 1.165) is 5.56 Å². The molecule has 2 N–H and O–H groups in total. The Labute approximate surface area is 123 Å². The Bertz CT molecular complexity index is 587. The zero-order valence-corrected chi connectivity index (χ0v) is 11.8. The molecule has 0 fully saturated rings. The van der Waals surface area contributed by atoms with Crippen molar-refractivity contribution in [3.05, 3.63) is 54.1 Å². The number of carbonyl (C=O) groups excluding carboxylic acids is 1. The predicted octanol–water partition coefficient (Wildman–Crippen LogP) is 3.27. The van der Waals surface area contributed by atoms with Gasteiger partial charge in [-0.15, -0.1) is 0 Å². The van der Waals surface area contributed by atoms with E-state index in [1.165, 1.54) is 12.1 Å². The number of phenolic OH excluding ortho intramolecular Hbond substituents is 2. The summed E-state index contributed by atoms with van der Waals surface area (Å²) in [6.45, 7) is 1.93. The summed E-state index contributed by atoms with van der Waals surface area (Å²) in [6, 6.07) is 12.9. The summed E-state index contributed by atoms with van der Waals surface area (Å²) in [5.74, 6) is 0.214. The second-order valence-corrected chi connectivity index (χ2v) is 4.89. The minimum Gasteiger partial charge on any atom is -0.508 e. The third kappa shape index (κ3) is 4.24. The van der Waals surface area contributed by atoms with Crippen molar-refractivity contribution in [3.8, 4) is 17.2 Å². The molecule has 0 aliphatic carbocycles. The van der Waals surface area contributed by atoms with Gasteiger partial charge < -0.3 is 14.9 Å². The topological polar surface area (TPSA) is 66.8 Å². The second-order valence-electron chi connectivity index (χ2n) is 4.89. The van der Waals surface area contributed by atoms with Crippen molar-refractivity contribution in [1.82, 2.24) is 0 Å². The van der Waals surface area contributed by atoms with Crippen LogP contribution in [0.4, 0.5) is 0 Å². The number of hydrogen-bond donors (Lipinski definition) is 2. The van der Waals surface area contributed by atoms with Crippen LogP contribution in [0.1, 0.15) is 18.9 Å². The van der Waals surface area contributed by atoms with Crippen molar-refractivity contribution in [1.29, 1.82) is 0 Å². The second kappa shape index (κ2) is 6.79. The highest BCUT2D eigenvalue weighted by atomic mass is 16.5. The lowest BCUT2D eigenvalue weighted by Gasteiger charge is -2.14. The maximum Gasteiger partial charge on any atom is 0.314 e. The molecule has 2 aromatic rings. The van der Waals surface area contributed by atoms with Gasteiger partial charge in [-0.2, -0.15) is 0 Å². The lowest BCUT2D eigenvalue weighted by molar-refractivity contribution is -0.139. The molecule has 0 saturated heterocycles. The van der Waals surface area contributed by atoms with Crippen LogP contribution in [0.15, 0.2) is 48.5 Å². The van der Waals surface area contributed by atoms with Gasteiger partial charge in [0, 0.05) is 0 Å². The summed E-state index contributed by atoms with van der Waals surface area (Å²) in [4.78, 5) is 12.2. The van der Waals surface area contributed by atoms with Crippen LogP contribution in [0.25, 0.3) is 0 Å². The van der Waals surface area contributed by atoms with Crippen LogP contribution in [0.2, 0.25) is 0 Å². The number of ether oxygens (including phenoxy) is 1. The van der Waals surface area contributed by atoms with Crippen LogP contribution >= 0.6 is 0 Å². The van der Waals surface area contributed by atoms with E-state index in [4.69, 9.17) is 4.74 Å². The molecule has 110 valence electrons. The lowest BCUT2D eigenvalue weighted by Crippen LogP contribution is -2.22. The molecule has 0 aliphatic rings. The zero-order valence-electron chi connectivity index (χ0n) is 11.8. The van der Waals surface area contributed by atoms with E-state index >= 15 is 0 Å². The van der Waals surface area contributed by atoms with Gasteiger partial charge in [0.25, 0.3) is 0 Å². The summed E-state index contributed by atoms with van der Waals surface area (Å²) in [7, 11) is 0. The SMILES string of the molecule is CCC(Cc1ccc(O)cc1)C(=O)Oc1ccc(O)cc1. The summed E-state index contributed by atoms with van der Waals surface area (Å²) < 4.78 is 5.32. The fourth-order valence-electron chi connectivity index (χ4n) is 2.02. The number of phenols is 2. The van der Waals surface area contributed by atoms with Gasteiger partial charge in [0.15, 0.2) is 0 Å². The fraction of sp³-hybridized carbons (Fsp3) is 0.235. The molecule has 21 heavy (non-hydrogen) atoms. The molecule has 4 heteroatoms. The van der Waals surface area contributed by atoms with E-state index in [1.54, 1.807) is 36.4 Å². The Hall–Kier alpha value is -2.49. The van der Waals surface area contributed by atoms with Crippen molar-refractivity contribution in [2.24, 2.45) is 5.92 Å². The van der Waals surface area contributed by atoms with E-state index < -0.39 is 0 Å². The molecule has 0 aliphatic heterocycles. The molecule has 4 nitrogen and oxygen atoms in total. The summed E-state index contributed by atoms with van der Waals surface area (Å²) in [5, 5.41) is 18.5. The molecule has 0 radical (unpaired) electrons. The summed E-state index contributed by atoms with van der Waals surface area (Å²) >= 11 is 0. The van der Waals surface area contributed by atoms with E-state index in [-0.39, 0.29) is 23.4 Å². The van der Waals surface area contributed by atoms with E-state index in [2.05, 4.69) is 0 Å². The van der Waals surface area contributed by atoms with Crippen LogP contribution in [0.5, 0.6) is 17.2 Å². The van der Waals surface area contributed by atoms with Crippen LogP contribution in [-0.2, 0) is 11.2 Å². The van der Waals surface area contributed by atoms with Crippen LogP contribution in [-0.4, -0.2) is 16.2 Å². The highest BCUT2D eigenvalue weighted by Crippen LogP contribution is 2.20. The highest BCUT2D eigenvalue weighted by Gasteiger charge is 2.19. The fourth-order valence-corrected chi connectivity index (χ4v) is 2.02. The van der Waals surface area contributed by atoms with Crippen molar-refractivity contribution >= 4 is 5.97 Å². The molecule has 1 unspecified atom stereocenters.